The van der Waals surface area contributed by atoms with E-state index in [4.69, 9.17) is 0 Å². The molecule has 36 heavy (non-hydrogen) atoms. The Kier molecular flexibility index (Phi) is 7.48. The third kappa shape index (κ3) is 5.01. The van der Waals surface area contributed by atoms with Crippen LogP contribution in [0.25, 0.3) is 22.3 Å². The van der Waals surface area contributed by atoms with Crippen LogP contribution in [0.3, 0.4) is 0 Å². The van der Waals surface area contributed by atoms with E-state index in [0.29, 0.717) is 5.56 Å². The van der Waals surface area contributed by atoms with Crippen molar-refractivity contribution >= 4 is 0 Å². The summed E-state index contributed by atoms with van der Waals surface area (Å²) in [6.07, 6.45) is 1.55. The third-order valence-electron chi connectivity index (χ3n) is 6.06. The third-order valence-corrected chi connectivity index (χ3v) is 6.06. The summed E-state index contributed by atoms with van der Waals surface area (Å²) < 4.78 is 99.4. The second-order valence-electron chi connectivity index (χ2n) is 8.51. The zero-order valence-electron chi connectivity index (χ0n) is 19.2. The molecule has 7 heteroatoms. The fourth-order valence-electron chi connectivity index (χ4n) is 4.14. The first kappa shape index (κ1) is 25.5. The van der Waals surface area contributed by atoms with Crippen LogP contribution >= 0.6 is 0 Å². The zero-order chi connectivity index (χ0) is 26.0. The van der Waals surface area contributed by atoms with E-state index < -0.39 is 51.8 Å². The van der Waals surface area contributed by atoms with Gasteiger partial charge in [-0.1, -0.05) is 61.9 Å². The van der Waals surface area contributed by atoms with Gasteiger partial charge in [-0.2, -0.15) is 0 Å². The molecule has 0 N–H and O–H groups in total. The lowest BCUT2D eigenvalue weighted by molar-refractivity contribution is 0.445. The molecule has 0 atom stereocenters. The Morgan fingerprint density at radius 3 is 1.61 bits per heavy atom. The fraction of sp³-hybridized carbons (Fsp3) is 0.172. The second kappa shape index (κ2) is 10.6. The van der Waals surface area contributed by atoms with E-state index in [1.54, 1.807) is 12.1 Å². The quantitative estimate of drug-likeness (QED) is 0.175. The van der Waals surface area contributed by atoms with Gasteiger partial charge in [0, 0.05) is 16.7 Å². The standard InChI is InChI=1S/C29H21F7/c1-2-3-16-4-7-18(8-5-16)20-12-13-22(28(35)26(20)33)21-11-10-19(25(32)27(21)34)9-6-17-14-23(30)29(36)24(31)15-17/h4-5,7-8,10-15H,2-3,6,9H2,1H3. The van der Waals surface area contributed by atoms with Crippen molar-refractivity contribution in [2.75, 3.05) is 0 Å². The summed E-state index contributed by atoms with van der Waals surface area (Å²) in [7, 11) is 0. The lowest BCUT2D eigenvalue weighted by Crippen LogP contribution is -2.02. The van der Waals surface area contributed by atoms with Crippen molar-refractivity contribution in [2.45, 2.75) is 32.6 Å². The maximum atomic E-state index is 15.0. The maximum absolute atomic E-state index is 15.0. The summed E-state index contributed by atoms with van der Waals surface area (Å²) in [5, 5.41) is 0. The molecule has 0 bridgehead atoms. The van der Waals surface area contributed by atoms with Gasteiger partial charge in [0.25, 0.3) is 0 Å². The molecule has 0 aromatic heterocycles. The van der Waals surface area contributed by atoms with E-state index in [1.165, 1.54) is 18.2 Å². The number of rotatable bonds is 7. The van der Waals surface area contributed by atoms with Gasteiger partial charge in [0.15, 0.2) is 40.7 Å². The zero-order valence-corrected chi connectivity index (χ0v) is 19.2. The Hall–Kier alpha value is -3.61. The average Bonchev–Trinajstić information content (AvgIpc) is 2.86. The summed E-state index contributed by atoms with van der Waals surface area (Å²) in [6.45, 7) is 2.03. The Labute approximate surface area is 204 Å². The molecule has 0 nitrogen and oxygen atoms in total. The van der Waals surface area contributed by atoms with Gasteiger partial charge in [-0.25, -0.2) is 30.7 Å². The molecule has 0 radical (unpaired) electrons. The molecule has 0 saturated carbocycles. The molecule has 4 aromatic carbocycles. The van der Waals surface area contributed by atoms with Crippen LogP contribution < -0.4 is 0 Å². The summed E-state index contributed by atoms with van der Waals surface area (Å²) >= 11 is 0. The molecule has 0 spiro atoms. The normalized spacial score (nSPS) is 11.2. The van der Waals surface area contributed by atoms with Crippen LogP contribution in [-0.4, -0.2) is 0 Å². The Bertz CT molecular complexity index is 1390. The highest BCUT2D eigenvalue weighted by Gasteiger charge is 2.21. The number of aryl methyl sites for hydroxylation is 3. The van der Waals surface area contributed by atoms with E-state index in [1.807, 2.05) is 19.1 Å². The summed E-state index contributed by atoms with van der Waals surface area (Å²) in [4.78, 5) is 0. The molecule has 0 heterocycles. The van der Waals surface area contributed by atoms with Crippen LogP contribution in [0.1, 0.15) is 30.0 Å². The van der Waals surface area contributed by atoms with Crippen LogP contribution in [0, 0.1) is 40.7 Å². The van der Waals surface area contributed by atoms with Gasteiger partial charge in [-0.3, -0.25) is 0 Å². The SMILES string of the molecule is CCCc1ccc(-c2ccc(-c3ccc(CCc4cc(F)c(F)c(F)c4)c(F)c3F)c(F)c2F)cc1. The Morgan fingerprint density at radius 2 is 1.00 bits per heavy atom. The topological polar surface area (TPSA) is 0 Å². The van der Waals surface area contributed by atoms with Crippen molar-refractivity contribution in [3.8, 4) is 22.3 Å². The first-order chi connectivity index (χ1) is 17.2. The van der Waals surface area contributed by atoms with Gasteiger partial charge in [0.2, 0.25) is 0 Å². The van der Waals surface area contributed by atoms with Gasteiger partial charge in [0.05, 0.1) is 0 Å². The van der Waals surface area contributed by atoms with E-state index in [2.05, 4.69) is 0 Å². The molecule has 0 aliphatic rings. The molecule has 0 saturated heterocycles. The van der Waals surface area contributed by atoms with Crippen molar-refractivity contribution < 1.29 is 30.7 Å². The molecule has 4 rings (SSSR count). The van der Waals surface area contributed by atoms with Gasteiger partial charge in [-0.05, 0) is 53.6 Å². The summed E-state index contributed by atoms with van der Waals surface area (Å²) in [6, 6.07) is 13.4. The first-order valence-electron chi connectivity index (χ1n) is 11.4. The minimum absolute atomic E-state index is 0.00411. The van der Waals surface area contributed by atoms with Crippen molar-refractivity contribution in [1.29, 1.82) is 0 Å². The van der Waals surface area contributed by atoms with Crippen LogP contribution in [-0.2, 0) is 19.3 Å². The van der Waals surface area contributed by atoms with Crippen LogP contribution in [0.2, 0.25) is 0 Å². The van der Waals surface area contributed by atoms with Crippen LogP contribution in [0.4, 0.5) is 30.7 Å². The molecule has 4 aromatic rings. The van der Waals surface area contributed by atoms with E-state index in [0.717, 1.165) is 36.6 Å². The highest BCUT2D eigenvalue weighted by molar-refractivity contribution is 5.72. The molecule has 0 amide bonds. The van der Waals surface area contributed by atoms with Crippen molar-refractivity contribution in [3.63, 3.8) is 0 Å². The predicted octanol–water partition coefficient (Wildman–Crippen LogP) is 8.73. The molecule has 186 valence electrons. The van der Waals surface area contributed by atoms with Gasteiger partial charge >= 0.3 is 0 Å². The largest absolute Gasteiger partial charge is 0.204 e. The van der Waals surface area contributed by atoms with E-state index >= 15 is 0 Å². The number of hydrogen-bond donors (Lipinski definition) is 0. The Morgan fingerprint density at radius 1 is 0.472 bits per heavy atom. The van der Waals surface area contributed by atoms with Gasteiger partial charge < -0.3 is 0 Å². The summed E-state index contributed by atoms with van der Waals surface area (Å²) in [5.41, 5.74) is 0.531. The summed E-state index contributed by atoms with van der Waals surface area (Å²) in [5.74, 6) is -9.54. The average molecular weight is 502 g/mol. The smallest absolute Gasteiger partial charge is 0.194 e. The number of hydrogen-bond acceptors (Lipinski definition) is 0. The molecule has 0 aliphatic heterocycles. The van der Waals surface area contributed by atoms with Crippen LogP contribution in [0.15, 0.2) is 60.7 Å². The highest BCUT2D eigenvalue weighted by atomic mass is 19.2. The molecular weight excluding hydrogens is 481 g/mol. The molecule has 0 unspecified atom stereocenters. The van der Waals surface area contributed by atoms with Crippen molar-refractivity contribution in [1.82, 2.24) is 0 Å². The lowest BCUT2D eigenvalue weighted by Gasteiger charge is -2.12. The second-order valence-corrected chi connectivity index (χ2v) is 8.51. The molecular formula is C29H21F7. The van der Waals surface area contributed by atoms with E-state index in [9.17, 15) is 30.7 Å². The highest BCUT2D eigenvalue weighted by Crippen LogP contribution is 2.34. The Balaban J connectivity index is 1.60. The minimum atomic E-state index is -1.62. The maximum Gasteiger partial charge on any atom is 0.194 e. The lowest BCUT2D eigenvalue weighted by atomic mass is 9.95. The van der Waals surface area contributed by atoms with Crippen molar-refractivity contribution in [2.24, 2.45) is 0 Å². The van der Waals surface area contributed by atoms with Crippen molar-refractivity contribution in [3.05, 3.63) is 118 Å². The molecule has 0 aliphatic carbocycles. The monoisotopic (exact) mass is 502 g/mol. The minimum Gasteiger partial charge on any atom is -0.204 e. The van der Waals surface area contributed by atoms with Crippen LogP contribution in [0.5, 0.6) is 0 Å². The molecule has 0 fully saturated rings. The van der Waals surface area contributed by atoms with Gasteiger partial charge in [-0.15, -0.1) is 0 Å². The first-order valence-corrected chi connectivity index (χ1v) is 11.4. The van der Waals surface area contributed by atoms with Gasteiger partial charge in [0.1, 0.15) is 0 Å². The fourth-order valence-corrected chi connectivity index (χ4v) is 4.14. The number of halogens is 7. The number of benzene rings is 4. The van der Waals surface area contributed by atoms with E-state index in [-0.39, 0.29) is 29.5 Å². The predicted molar refractivity (Wildman–Crippen MR) is 125 cm³/mol.